The number of hydrogen-bond acceptors (Lipinski definition) is 3. The Hall–Kier alpha value is -2.69. The van der Waals surface area contributed by atoms with Gasteiger partial charge in [-0.1, -0.05) is 29.8 Å². The van der Waals surface area contributed by atoms with Crippen LogP contribution in [0.3, 0.4) is 0 Å². The van der Waals surface area contributed by atoms with E-state index in [-0.39, 0.29) is 17.2 Å². The highest BCUT2D eigenvalue weighted by Gasteiger charge is 2.42. The standard InChI is InChI=1S/C24H29N3O2/c1-19-4-2-5-21(14-19)15-23(29)26-13-3-9-24(17-26)10-6-22(28)27(18-24)16-20-7-11-25-12-8-20/h2,4-5,7-8,11-12,14H,3,6,9-10,13,15-18H2,1H3/t24-/m0/s1. The van der Waals surface area contributed by atoms with Crippen LogP contribution in [0.4, 0.5) is 0 Å². The number of carbonyl (C=O) groups excluding carboxylic acids is 2. The molecule has 2 fully saturated rings. The number of amides is 2. The summed E-state index contributed by atoms with van der Waals surface area (Å²) in [5.41, 5.74) is 3.39. The van der Waals surface area contributed by atoms with E-state index in [1.165, 1.54) is 5.56 Å². The minimum Gasteiger partial charge on any atom is -0.342 e. The van der Waals surface area contributed by atoms with Crippen LogP contribution >= 0.6 is 0 Å². The van der Waals surface area contributed by atoms with Crippen LogP contribution in [0.25, 0.3) is 0 Å². The molecular weight excluding hydrogens is 362 g/mol. The van der Waals surface area contributed by atoms with E-state index >= 15 is 0 Å². The lowest BCUT2D eigenvalue weighted by atomic mass is 9.73. The van der Waals surface area contributed by atoms with Crippen molar-refractivity contribution in [2.24, 2.45) is 5.41 Å². The van der Waals surface area contributed by atoms with E-state index in [1.807, 2.05) is 34.1 Å². The number of aromatic nitrogens is 1. The van der Waals surface area contributed by atoms with Crippen molar-refractivity contribution < 1.29 is 9.59 Å². The van der Waals surface area contributed by atoms with Gasteiger partial charge in [0.1, 0.15) is 0 Å². The molecule has 0 bridgehead atoms. The van der Waals surface area contributed by atoms with Crippen molar-refractivity contribution in [3.05, 3.63) is 65.5 Å². The van der Waals surface area contributed by atoms with Gasteiger partial charge in [-0.15, -0.1) is 0 Å². The van der Waals surface area contributed by atoms with Gasteiger partial charge in [0.15, 0.2) is 0 Å². The maximum Gasteiger partial charge on any atom is 0.227 e. The third-order valence-corrected chi connectivity index (χ3v) is 6.32. The predicted octanol–water partition coefficient (Wildman–Crippen LogP) is 3.36. The van der Waals surface area contributed by atoms with E-state index in [1.54, 1.807) is 12.4 Å². The molecule has 5 nitrogen and oxygen atoms in total. The van der Waals surface area contributed by atoms with Gasteiger partial charge in [0.05, 0.1) is 6.42 Å². The molecule has 5 heteroatoms. The summed E-state index contributed by atoms with van der Waals surface area (Å²) in [6, 6.07) is 12.1. The summed E-state index contributed by atoms with van der Waals surface area (Å²) in [6.45, 7) is 5.01. The quantitative estimate of drug-likeness (QED) is 0.803. The van der Waals surface area contributed by atoms with Crippen LogP contribution in [0.15, 0.2) is 48.8 Å². The van der Waals surface area contributed by atoms with E-state index in [4.69, 9.17) is 0 Å². The Morgan fingerprint density at radius 1 is 1.10 bits per heavy atom. The Kier molecular flexibility index (Phi) is 5.65. The molecule has 2 aliphatic heterocycles. The van der Waals surface area contributed by atoms with Crippen molar-refractivity contribution in [3.8, 4) is 0 Å². The number of carbonyl (C=O) groups is 2. The Labute approximate surface area is 172 Å². The van der Waals surface area contributed by atoms with E-state index in [2.05, 4.69) is 24.0 Å². The second-order valence-electron chi connectivity index (χ2n) is 8.69. The summed E-state index contributed by atoms with van der Waals surface area (Å²) in [4.78, 5) is 33.6. The zero-order valence-corrected chi connectivity index (χ0v) is 17.1. The molecule has 29 heavy (non-hydrogen) atoms. The molecule has 2 aromatic rings. The number of hydrogen-bond donors (Lipinski definition) is 0. The number of nitrogens with zero attached hydrogens (tertiary/aromatic N) is 3. The van der Waals surface area contributed by atoms with Crippen LogP contribution in [-0.2, 0) is 22.6 Å². The number of pyridine rings is 1. The average molecular weight is 392 g/mol. The normalized spacial score (nSPS) is 22.2. The van der Waals surface area contributed by atoms with Gasteiger partial charge in [0.2, 0.25) is 11.8 Å². The van der Waals surface area contributed by atoms with E-state index < -0.39 is 0 Å². The van der Waals surface area contributed by atoms with Crippen LogP contribution in [0.2, 0.25) is 0 Å². The number of likely N-dealkylation sites (tertiary alicyclic amines) is 2. The first-order chi connectivity index (χ1) is 14.0. The second-order valence-corrected chi connectivity index (χ2v) is 8.69. The second kappa shape index (κ2) is 8.36. The molecule has 2 aliphatic rings. The summed E-state index contributed by atoms with van der Waals surface area (Å²) in [7, 11) is 0. The lowest BCUT2D eigenvalue weighted by molar-refractivity contribution is -0.143. The first kappa shape index (κ1) is 19.6. The minimum atomic E-state index is 0.0292. The monoisotopic (exact) mass is 391 g/mol. The van der Waals surface area contributed by atoms with E-state index in [0.717, 1.165) is 50.0 Å². The fourth-order valence-corrected chi connectivity index (χ4v) is 4.82. The minimum absolute atomic E-state index is 0.0292. The third kappa shape index (κ3) is 4.66. The molecule has 0 N–H and O–H groups in total. The number of piperidine rings is 2. The summed E-state index contributed by atoms with van der Waals surface area (Å²) < 4.78 is 0. The third-order valence-electron chi connectivity index (χ3n) is 6.32. The molecule has 3 heterocycles. The van der Waals surface area contributed by atoms with Gasteiger partial charge in [0, 0.05) is 50.4 Å². The van der Waals surface area contributed by atoms with Crippen molar-refractivity contribution in [2.45, 2.75) is 45.6 Å². The van der Waals surface area contributed by atoms with Gasteiger partial charge in [-0.05, 0) is 49.4 Å². The van der Waals surface area contributed by atoms with Crippen molar-refractivity contribution in [3.63, 3.8) is 0 Å². The topological polar surface area (TPSA) is 53.5 Å². The van der Waals surface area contributed by atoms with Crippen LogP contribution in [0.5, 0.6) is 0 Å². The number of aryl methyl sites for hydroxylation is 1. The Morgan fingerprint density at radius 3 is 2.72 bits per heavy atom. The highest BCUT2D eigenvalue weighted by molar-refractivity contribution is 5.79. The zero-order valence-electron chi connectivity index (χ0n) is 17.1. The fourth-order valence-electron chi connectivity index (χ4n) is 4.82. The summed E-state index contributed by atoms with van der Waals surface area (Å²) >= 11 is 0. The molecule has 0 aliphatic carbocycles. The maximum atomic E-state index is 13.0. The maximum absolute atomic E-state index is 13.0. The summed E-state index contributed by atoms with van der Waals surface area (Å²) in [5.74, 6) is 0.419. The molecule has 2 amide bonds. The van der Waals surface area contributed by atoms with Crippen LogP contribution in [0.1, 0.15) is 42.4 Å². The fraction of sp³-hybridized carbons (Fsp3) is 0.458. The first-order valence-electron chi connectivity index (χ1n) is 10.5. The molecule has 4 rings (SSSR count). The highest BCUT2D eigenvalue weighted by Crippen LogP contribution is 2.39. The molecule has 0 unspecified atom stereocenters. The Balaban J connectivity index is 1.43. The largest absolute Gasteiger partial charge is 0.342 e. The predicted molar refractivity (Wildman–Crippen MR) is 112 cm³/mol. The van der Waals surface area contributed by atoms with Gasteiger partial charge in [-0.2, -0.15) is 0 Å². The van der Waals surface area contributed by atoms with Crippen molar-refractivity contribution >= 4 is 11.8 Å². The molecular formula is C24H29N3O2. The van der Waals surface area contributed by atoms with E-state index in [0.29, 0.717) is 19.4 Å². The van der Waals surface area contributed by atoms with Gasteiger partial charge >= 0.3 is 0 Å². The molecule has 1 aromatic carbocycles. The Morgan fingerprint density at radius 2 is 1.93 bits per heavy atom. The van der Waals surface area contributed by atoms with Gasteiger partial charge in [-0.25, -0.2) is 0 Å². The molecule has 2 saturated heterocycles. The Bertz CT molecular complexity index is 883. The molecule has 0 radical (unpaired) electrons. The molecule has 152 valence electrons. The van der Waals surface area contributed by atoms with E-state index in [9.17, 15) is 9.59 Å². The zero-order chi connectivity index (χ0) is 20.3. The highest BCUT2D eigenvalue weighted by atomic mass is 16.2. The summed E-state index contributed by atoms with van der Waals surface area (Å²) in [5, 5.41) is 0. The van der Waals surface area contributed by atoms with Crippen LogP contribution in [-0.4, -0.2) is 46.2 Å². The van der Waals surface area contributed by atoms with Crippen LogP contribution < -0.4 is 0 Å². The summed E-state index contributed by atoms with van der Waals surface area (Å²) in [6.07, 6.45) is 7.55. The van der Waals surface area contributed by atoms with Crippen LogP contribution in [0, 0.1) is 12.3 Å². The van der Waals surface area contributed by atoms with Crippen molar-refractivity contribution in [2.75, 3.05) is 19.6 Å². The lowest BCUT2D eigenvalue weighted by Crippen LogP contribution is -2.55. The van der Waals surface area contributed by atoms with Gasteiger partial charge < -0.3 is 9.80 Å². The SMILES string of the molecule is Cc1cccc(CC(=O)N2CCC[C@]3(CCC(=O)N(Cc4ccncc4)C3)C2)c1. The van der Waals surface area contributed by atoms with Crippen molar-refractivity contribution in [1.82, 2.24) is 14.8 Å². The number of benzene rings is 1. The van der Waals surface area contributed by atoms with Crippen molar-refractivity contribution in [1.29, 1.82) is 0 Å². The smallest absolute Gasteiger partial charge is 0.227 e. The average Bonchev–Trinajstić information content (AvgIpc) is 2.72. The molecule has 0 saturated carbocycles. The number of rotatable bonds is 4. The first-order valence-corrected chi connectivity index (χ1v) is 10.5. The molecule has 1 aromatic heterocycles. The molecule has 1 atom stereocenters. The van der Waals surface area contributed by atoms with Gasteiger partial charge in [-0.3, -0.25) is 14.6 Å². The molecule has 1 spiro atoms. The lowest BCUT2D eigenvalue weighted by Gasteiger charge is -2.48. The van der Waals surface area contributed by atoms with Gasteiger partial charge in [0.25, 0.3) is 0 Å².